The van der Waals surface area contributed by atoms with Crippen LogP contribution < -0.4 is 10.7 Å². The van der Waals surface area contributed by atoms with Crippen molar-refractivity contribution in [3.63, 3.8) is 0 Å². The number of amides is 1. The Bertz CT molecular complexity index is 909. The van der Waals surface area contributed by atoms with E-state index in [1.165, 1.54) is 5.56 Å². The molecule has 1 aromatic carbocycles. The summed E-state index contributed by atoms with van der Waals surface area (Å²) in [6.07, 6.45) is 3.47. The normalized spacial score (nSPS) is 27.5. The zero-order valence-electron chi connectivity index (χ0n) is 17.2. The lowest BCUT2D eigenvalue weighted by molar-refractivity contribution is 0.0818. The number of aromatic nitrogens is 2. The molecule has 0 saturated carbocycles. The summed E-state index contributed by atoms with van der Waals surface area (Å²) in [6.45, 7) is 6.60. The third-order valence-electron chi connectivity index (χ3n) is 6.66. The van der Waals surface area contributed by atoms with Gasteiger partial charge in [0, 0.05) is 49.7 Å². The fourth-order valence-corrected chi connectivity index (χ4v) is 5.13. The molecule has 2 aromatic rings. The third-order valence-corrected chi connectivity index (χ3v) is 6.91. The van der Waals surface area contributed by atoms with Crippen LogP contribution in [0, 0.1) is 11.8 Å². The summed E-state index contributed by atoms with van der Waals surface area (Å²) in [4.78, 5) is 19.8. The standard InChI is InChI=1S/C22H28ClN5O2/c1-14-11-27(12-15-2-4-17(23)5-3-15)13-18(14)20-25-22(29)19-10-24-21(28(19)26-20)16-6-8-30-9-7-16/h2-5,10,14,16,18,20,26H,6-9,11-13H2,1H3,(H,25,29). The second-order valence-electron chi connectivity index (χ2n) is 8.77. The zero-order chi connectivity index (χ0) is 20.7. The van der Waals surface area contributed by atoms with Crippen molar-refractivity contribution in [3.05, 3.63) is 52.6 Å². The van der Waals surface area contributed by atoms with Crippen LogP contribution in [0.3, 0.4) is 0 Å². The SMILES string of the molecule is CC1CN(Cc2ccc(Cl)cc2)CC1C1NC(=O)c2cnc(C3CCOCC3)n2N1. The number of hydrogen-bond donors (Lipinski definition) is 2. The van der Waals surface area contributed by atoms with E-state index in [4.69, 9.17) is 16.3 Å². The van der Waals surface area contributed by atoms with Gasteiger partial charge in [0.05, 0.1) is 6.20 Å². The Kier molecular flexibility index (Phi) is 5.43. The second-order valence-corrected chi connectivity index (χ2v) is 9.20. The first-order valence-electron chi connectivity index (χ1n) is 10.8. The first-order chi connectivity index (χ1) is 14.6. The van der Waals surface area contributed by atoms with Gasteiger partial charge in [0.2, 0.25) is 0 Å². The molecule has 7 nitrogen and oxygen atoms in total. The number of nitrogens with zero attached hydrogens (tertiary/aromatic N) is 3. The lowest BCUT2D eigenvalue weighted by Crippen LogP contribution is -2.55. The van der Waals surface area contributed by atoms with Crippen LogP contribution in [-0.4, -0.2) is 52.9 Å². The molecule has 8 heteroatoms. The van der Waals surface area contributed by atoms with Gasteiger partial charge in [0.1, 0.15) is 17.7 Å². The minimum atomic E-state index is -0.108. The average Bonchev–Trinajstić information content (AvgIpc) is 3.34. The fourth-order valence-electron chi connectivity index (χ4n) is 5.00. The van der Waals surface area contributed by atoms with Gasteiger partial charge >= 0.3 is 0 Å². The largest absolute Gasteiger partial charge is 0.381 e. The van der Waals surface area contributed by atoms with Crippen molar-refractivity contribution in [2.75, 3.05) is 31.7 Å². The summed E-state index contributed by atoms with van der Waals surface area (Å²) < 4.78 is 7.44. The van der Waals surface area contributed by atoms with Crippen molar-refractivity contribution in [3.8, 4) is 0 Å². The summed E-state index contributed by atoms with van der Waals surface area (Å²) in [5, 5.41) is 3.93. The van der Waals surface area contributed by atoms with Gasteiger partial charge in [-0.1, -0.05) is 30.7 Å². The first kappa shape index (κ1) is 19.8. The van der Waals surface area contributed by atoms with Crippen molar-refractivity contribution >= 4 is 17.5 Å². The monoisotopic (exact) mass is 429 g/mol. The second kappa shape index (κ2) is 8.21. The molecule has 3 unspecified atom stereocenters. The van der Waals surface area contributed by atoms with Crippen LogP contribution in [0.2, 0.25) is 5.02 Å². The highest BCUT2D eigenvalue weighted by Crippen LogP contribution is 2.31. The van der Waals surface area contributed by atoms with Gasteiger partial charge in [0.25, 0.3) is 5.91 Å². The van der Waals surface area contributed by atoms with Gasteiger partial charge < -0.3 is 15.5 Å². The molecule has 5 rings (SSSR count). The van der Waals surface area contributed by atoms with Crippen LogP contribution in [0.25, 0.3) is 0 Å². The molecule has 3 atom stereocenters. The Morgan fingerprint density at radius 2 is 1.97 bits per heavy atom. The highest BCUT2D eigenvalue weighted by molar-refractivity contribution is 6.30. The molecule has 1 amide bonds. The topological polar surface area (TPSA) is 71.4 Å². The predicted octanol–water partition coefficient (Wildman–Crippen LogP) is 2.81. The Labute approximate surface area is 181 Å². The van der Waals surface area contributed by atoms with Crippen molar-refractivity contribution in [1.29, 1.82) is 0 Å². The maximum atomic E-state index is 12.8. The number of rotatable bonds is 4. The average molecular weight is 430 g/mol. The van der Waals surface area contributed by atoms with Gasteiger partial charge in [-0.15, -0.1) is 0 Å². The number of carbonyl (C=O) groups is 1. The summed E-state index contributed by atoms with van der Waals surface area (Å²) in [5.41, 5.74) is 5.42. The molecule has 3 aliphatic heterocycles. The van der Waals surface area contributed by atoms with E-state index in [-0.39, 0.29) is 12.1 Å². The maximum absolute atomic E-state index is 12.8. The fraction of sp³-hybridized carbons (Fsp3) is 0.545. The van der Waals surface area contributed by atoms with E-state index in [1.54, 1.807) is 6.20 Å². The van der Waals surface area contributed by atoms with Gasteiger partial charge in [0.15, 0.2) is 0 Å². The van der Waals surface area contributed by atoms with Crippen molar-refractivity contribution < 1.29 is 9.53 Å². The first-order valence-corrected chi connectivity index (χ1v) is 11.2. The molecule has 0 bridgehead atoms. The summed E-state index contributed by atoms with van der Waals surface area (Å²) in [7, 11) is 0. The molecule has 2 saturated heterocycles. The van der Waals surface area contributed by atoms with Gasteiger partial charge in [-0.25, -0.2) is 9.66 Å². The smallest absolute Gasteiger partial charge is 0.273 e. The van der Waals surface area contributed by atoms with Crippen LogP contribution in [-0.2, 0) is 11.3 Å². The molecule has 2 N–H and O–H groups in total. The Balaban J connectivity index is 1.30. The molecule has 0 aliphatic carbocycles. The van der Waals surface area contributed by atoms with E-state index in [0.29, 0.717) is 23.4 Å². The quantitative estimate of drug-likeness (QED) is 0.782. The molecule has 4 heterocycles. The number of imidazole rings is 1. The van der Waals surface area contributed by atoms with E-state index in [0.717, 1.165) is 56.5 Å². The lowest BCUT2D eigenvalue weighted by Gasteiger charge is -2.35. The molecular weight excluding hydrogens is 402 g/mol. The van der Waals surface area contributed by atoms with E-state index in [2.05, 4.69) is 39.7 Å². The van der Waals surface area contributed by atoms with Crippen molar-refractivity contribution in [1.82, 2.24) is 19.9 Å². The molecule has 0 radical (unpaired) electrons. The number of nitrogens with one attached hydrogen (secondary N) is 2. The van der Waals surface area contributed by atoms with E-state index in [9.17, 15) is 4.79 Å². The Hall–Kier alpha value is -2.09. The van der Waals surface area contributed by atoms with Crippen LogP contribution in [0.15, 0.2) is 30.5 Å². The van der Waals surface area contributed by atoms with E-state index in [1.807, 2.05) is 16.8 Å². The summed E-state index contributed by atoms with van der Waals surface area (Å²) >= 11 is 6.01. The van der Waals surface area contributed by atoms with Gasteiger partial charge in [-0.3, -0.25) is 9.69 Å². The highest BCUT2D eigenvalue weighted by Gasteiger charge is 2.40. The van der Waals surface area contributed by atoms with Gasteiger partial charge in [-0.2, -0.15) is 0 Å². The summed E-state index contributed by atoms with van der Waals surface area (Å²) in [5.74, 6) is 2.02. The number of ether oxygens (including phenoxy) is 1. The van der Waals surface area contributed by atoms with Crippen molar-refractivity contribution in [2.45, 2.75) is 38.4 Å². The third kappa shape index (κ3) is 3.82. The summed E-state index contributed by atoms with van der Waals surface area (Å²) in [6, 6.07) is 8.04. The number of hydrogen-bond acceptors (Lipinski definition) is 5. The lowest BCUT2D eigenvalue weighted by atomic mass is 9.94. The minimum Gasteiger partial charge on any atom is -0.381 e. The number of carbonyl (C=O) groups excluding carboxylic acids is 1. The van der Waals surface area contributed by atoms with Crippen LogP contribution in [0.5, 0.6) is 0 Å². The van der Waals surface area contributed by atoms with Crippen LogP contribution in [0.4, 0.5) is 0 Å². The minimum absolute atomic E-state index is 0.0482. The zero-order valence-corrected chi connectivity index (χ0v) is 17.9. The maximum Gasteiger partial charge on any atom is 0.273 e. The molecule has 0 spiro atoms. The van der Waals surface area contributed by atoms with Crippen LogP contribution in [0.1, 0.15) is 47.6 Å². The van der Waals surface area contributed by atoms with E-state index < -0.39 is 0 Å². The number of benzene rings is 1. The van der Waals surface area contributed by atoms with Gasteiger partial charge in [-0.05, 0) is 36.5 Å². The van der Waals surface area contributed by atoms with E-state index >= 15 is 0 Å². The Morgan fingerprint density at radius 1 is 1.20 bits per heavy atom. The molecular formula is C22H28ClN5O2. The number of halogens is 1. The number of fused-ring (bicyclic) bond motifs is 1. The Morgan fingerprint density at radius 3 is 2.73 bits per heavy atom. The molecule has 30 heavy (non-hydrogen) atoms. The molecule has 1 aromatic heterocycles. The molecule has 160 valence electrons. The van der Waals surface area contributed by atoms with Crippen molar-refractivity contribution in [2.24, 2.45) is 11.8 Å². The molecule has 2 fully saturated rings. The highest BCUT2D eigenvalue weighted by atomic mass is 35.5. The predicted molar refractivity (Wildman–Crippen MR) is 115 cm³/mol. The number of likely N-dealkylation sites (tertiary alicyclic amines) is 1. The molecule has 3 aliphatic rings. The van der Waals surface area contributed by atoms with Crippen LogP contribution >= 0.6 is 11.6 Å².